The Morgan fingerprint density at radius 2 is 1.71 bits per heavy atom. The molecule has 0 spiro atoms. The Labute approximate surface area is 165 Å². The van der Waals surface area contributed by atoms with Crippen molar-refractivity contribution in [2.24, 2.45) is 0 Å². The molecule has 2 aromatic rings. The van der Waals surface area contributed by atoms with Crippen LogP contribution in [0.15, 0.2) is 48.5 Å². The van der Waals surface area contributed by atoms with Gasteiger partial charge in [0.05, 0.1) is 7.11 Å². The first-order chi connectivity index (χ1) is 13.6. The van der Waals surface area contributed by atoms with Gasteiger partial charge in [0, 0.05) is 44.1 Å². The van der Waals surface area contributed by atoms with E-state index in [-0.39, 0.29) is 11.8 Å². The van der Waals surface area contributed by atoms with Gasteiger partial charge in [0.25, 0.3) is 0 Å². The number of piperazine rings is 1. The fourth-order valence-corrected chi connectivity index (χ4v) is 3.24. The van der Waals surface area contributed by atoms with E-state index in [0.717, 1.165) is 44.9 Å². The van der Waals surface area contributed by atoms with Crippen LogP contribution in [0.5, 0.6) is 5.75 Å². The average Bonchev–Trinajstić information content (AvgIpc) is 2.73. The second kappa shape index (κ2) is 9.94. The molecule has 2 amide bonds. The molecule has 0 saturated carbocycles. The number of benzene rings is 2. The number of urea groups is 1. The normalized spacial score (nSPS) is 14.6. The number of hydrogen-bond acceptors (Lipinski definition) is 4. The third-order valence-electron chi connectivity index (χ3n) is 4.85. The molecule has 0 unspecified atom stereocenters. The van der Waals surface area contributed by atoms with Gasteiger partial charge in [-0.1, -0.05) is 0 Å². The van der Waals surface area contributed by atoms with Gasteiger partial charge in [-0.25, -0.2) is 9.18 Å². The standard InChI is InChI=1S/C21H27FN4O2/c1-28-20-9-7-19(8-10-20)26-15-13-25(14-16-26)12-2-11-23-21(27)24-18-5-3-17(22)4-6-18/h3-10H,2,11-16H2,1H3,(H2,23,24,27). The number of halogens is 1. The molecule has 0 aliphatic carbocycles. The van der Waals surface area contributed by atoms with Gasteiger partial charge in [0.1, 0.15) is 11.6 Å². The van der Waals surface area contributed by atoms with Gasteiger partial charge in [-0.15, -0.1) is 0 Å². The minimum atomic E-state index is -0.321. The van der Waals surface area contributed by atoms with E-state index in [1.165, 1.54) is 30.0 Å². The minimum absolute atomic E-state index is 0.268. The van der Waals surface area contributed by atoms with E-state index >= 15 is 0 Å². The maximum atomic E-state index is 12.9. The Morgan fingerprint density at radius 3 is 2.36 bits per heavy atom. The summed E-state index contributed by atoms with van der Waals surface area (Å²) in [4.78, 5) is 16.6. The summed E-state index contributed by atoms with van der Waals surface area (Å²) in [6.45, 7) is 5.55. The molecule has 0 atom stereocenters. The van der Waals surface area contributed by atoms with E-state index in [9.17, 15) is 9.18 Å². The number of carbonyl (C=O) groups is 1. The van der Waals surface area contributed by atoms with Gasteiger partial charge < -0.3 is 20.3 Å². The van der Waals surface area contributed by atoms with Crippen molar-refractivity contribution in [3.05, 3.63) is 54.3 Å². The molecule has 0 bridgehead atoms. The largest absolute Gasteiger partial charge is 0.497 e. The van der Waals surface area contributed by atoms with Crippen molar-refractivity contribution in [1.29, 1.82) is 0 Å². The first-order valence-electron chi connectivity index (χ1n) is 9.56. The number of methoxy groups -OCH3 is 1. The van der Waals surface area contributed by atoms with Crippen LogP contribution in [0.4, 0.5) is 20.6 Å². The first kappa shape index (κ1) is 19.9. The Hall–Kier alpha value is -2.80. The zero-order valence-electron chi connectivity index (χ0n) is 16.2. The van der Waals surface area contributed by atoms with Crippen LogP contribution in [0.1, 0.15) is 6.42 Å². The van der Waals surface area contributed by atoms with Gasteiger partial charge in [-0.05, 0) is 61.5 Å². The fraction of sp³-hybridized carbons (Fsp3) is 0.381. The third kappa shape index (κ3) is 5.85. The Bertz CT molecular complexity index is 744. The summed E-state index contributed by atoms with van der Waals surface area (Å²) < 4.78 is 18.1. The highest BCUT2D eigenvalue weighted by molar-refractivity contribution is 5.89. The predicted molar refractivity (Wildman–Crippen MR) is 110 cm³/mol. The third-order valence-corrected chi connectivity index (χ3v) is 4.85. The Kier molecular flexibility index (Phi) is 7.08. The fourth-order valence-electron chi connectivity index (χ4n) is 3.24. The Morgan fingerprint density at radius 1 is 1.04 bits per heavy atom. The number of nitrogens with zero attached hydrogens (tertiary/aromatic N) is 2. The molecule has 2 N–H and O–H groups in total. The van der Waals surface area contributed by atoms with Crippen LogP contribution in [-0.2, 0) is 0 Å². The molecule has 150 valence electrons. The second-order valence-electron chi connectivity index (χ2n) is 6.77. The number of nitrogens with one attached hydrogen (secondary N) is 2. The van der Waals surface area contributed by atoms with Gasteiger partial charge in [-0.2, -0.15) is 0 Å². The van der Waals surface area contributed by atoms with E-state index in [4.69, 9.17) is 4.74 Å². The SMILES string of the molecule is COc1ccc(N2CCN(CCCNC(=O)Nc3ccc(F)cc3)CC2)cc1. The smallest absolute Gasteiger partial charge is 0.319 e. The van der Waals surface area contributed by atoms with Crippen molar-refractivity contribution in [2.75, 3.05) is 56.6 Å². The van der Waals surface area contributed by atoms with E-state index in [1.807, 2.05) is 12.1 Å². The van der Waals surface area contributed by atoms with Crippen LogP contribution in [0.3, 0.4) is 0 Å². The molecule has 1 aliphatic rings. The molecule has 2 aromatic carbocycles. The highest BCUT2D eigenvalue weighted by Crippen LogP contribution is 2.20. The van der Waals surface area contributed by atoms with Crippen molar-refractivity contribution in [2.45, 2.75) is 6.42 Å². The molecule has 3 rings (SSSR count). The zero-order chi connectivity index (χ0) is 19.8. The number of carbonyl (C=O) groups excluding carboxylic acids is 1. The van der Waals surface area contributed by atoms with Crippen LogP contribution in [0.25, 0.3) is 0 Å². The summed E-state index contributed by atoms with van der Waals surface area (Å²) in [5, 5.41) is 5.53. The number of ether oxygens (including phenoxy) is 1. The van der Waals surface area contributed by atoms with E-state index in [1.54, 1.807) is 7.11 Å². The lowest BCUT2D eigenvalue weighted by molar-refractivity contribution is 0.244. The number of hydrogen-bond donors (Lipinski definition) is 2. The van der Waals surface area contributed by atoms with Gasteiger partial charge in [0.2, 0.25) is 0 Å². The molecule has 1 saturated heterocycles. The van der Waals surface area contributed by atoms with Crippen LogP contribution in [0.2, 0.25) is 0 Å². The van der Waals surface area contributed by atoms with E-state index in [2.05, 4.69) is 32.6 Å². The summed E-state index contributed by atoms with van der Waals surface area (Å²) in [7, 11) is 1.68. The first-order valence-corrected chi connectivity index (χ1v) is 9.56. The zero-order valence-corrected chi connectivity index (χ0v) is 16.2. The molecular weight excluding hydrogens is 359 g/mol. The number of rotatable bonds is 7. The van der Waals surface area contributed by atoms with Crippen LogP contribution >= 0.6 is 0 Å². The van der Waals surface area contributed by atoms with Crippen molar-refractivity contribution >= 4 is 17.4 Å². The van der Waals surface area contributed by atoms with Gasteiger partial charge >= 0.3 is 6.03 Å². The second-order valence-corrected chi connectivity index (χ2v) is 6.77. The lowest BCUT2D eigenvalue weighted by atomic mass is 10.2. The van der Waals surface area contributed by atoms with Crippen LogP contribution in [0, 0.1) is 5.82 Å². The molecule has 0 aromatic heterocycles. The predicted octanol–water partition coefficient (Wildman–Crippen LogP) is 3.17. The number of amides is 2. The quantitative estimate of drug-likeness (QED) is 0.718. The molecule has 1 heterocycles. The average molecular weight is 386 g/mol. The molecular formula is C21H27FN4O2. The highest BCUT2D eigenvalue weighted by atomic mass is 19.1. The van der Waals surface area contributed by atoms with Crippen LogP contribution in [-0.4, -0.2) is 57.3 Å². The molecule has 28 heavy (non-hydrogen) atoms. The molecule has 7 heteroatoms. The lowest BCUT2D eigenvalue weighted by Crippen LogP contribution is -2.47. The summed E-state index contributed by atoms with van der Waals surface area (Å²) in [5.74, 6) is 0.552. The monoisotopic (exact) mass is 386 g/mol. The maximum Gasteiger partial charge on any atom is 0.319 e. The summed E-state index contributed by atoms with van der Waals surface area (Å²) in [5.41, 5.74) is 1.80. The van der Waals surface area contributed by atoms with E-state index < -0.39 is 0 Å². The molecule has 6 nitrogen and oxygen atoms in total. The molecule has 1 aliphatic heterocycles. The van der Waals surface area contributed by atoms with Crippen molar-refractivity contribution in [1.82, 2.24) is 10.2 Å². The van der Waals surface area contributed by atoms with Crippen molar-refractivity contribution < 1.29 is 13.9 Å². The van der Waals surface area contributed by atoms with Crippen LogP contribution < -0.4 is 20.3 Å². The lowest BCUT2D eigenvalue weighted by Gasteiger charge is -2.36. The van der Waals surface area contributed by atoms with Gasteiger partial charge in [-0.3, -0.25) is 4.90 Å². The summed E-state index contributed by atoms with van der Waals surface area (Å²) in [6, 6.07) is 13.6. The molecule has 1 fully saturated rings. The maximum absolute atomic E-state index is 12.9. The summed E-state index contributed by atoms with van der Waals surface area (Å²) in [6.07, 6.45) is 0.888. The van der Waals surface area contributed by atoms with Crippen molar-refractivity contribution in [3.63, 3.8) is 0 Å². The van der Waals surface area contributed by atoms with Crippen molar-refractivity contribution in [3.8, 4) is 5.75 Å². The van der Waals surface area contributed by atoms with E-state index in [0.29, 0.717) is 12.2 Å². The number of anilines is 2. The topological polar surface area (TPSA) is 56.8 Å². The summed E-state index contributed by atoms with van der Waals surface area (Å²) >= 11 is 0. The Balaban J connectivity index is 1.31. The molecule has 0 radical (unpaired) electrons. The highest BCUT2D eigenvalue weighted by Gasteiger charge is 2.16. The van der Waals surface area contributed by atoms with Gasteiger partial charge in [0.15, 0.2) is 0 Å². The minimum Gasteiger partial charge on any atom is -0.497 e.